The summed E-state index contributed by atoms with van der Waals surface area (Å²) >= 11 is 5.22. The number of benzene rings is 2. The molecule has 0 bridgehead atoms. The van der Waals surface area contributed by atoms with Gasteiger partial charge in [0.05, 0.1) is 5.39 Å². The number of nitrogens with zero attached hydrogens (tertiary/aromatic N) is 2. The van der Waals surface area contributed by atoms with Gasteiger partial charge in [0.25, 0.3) is 0 Å². The zero-order valence-electron chi connectivity index (χ0n) is 14.8. The first-order valence-electron chi connectivity index (χ1n) is 8.38. The maximum Gasteiger partial charge on any atom is 0.143 e. The van der Waals surface area contributed by atoms with E-state index in [1.807, 2.05) is 0 Å². The molecule has 5 heteroatoms. The van der Waals surface area contributed by atoms with Crippen molar-refractivity contribution in [2.75, 3.05) is 5.32 Å². The van der Waals surface area contributed by atoms with Gasteiger partial charge in [-0.25, -0.2) is 9.97 Å². The molecule has 4 rings (SSSR count). The molecule has 0 aliphatic heterocycles. The van der Waals surface area contributed by atoms with Crippen LogP contribution in [0.4, 0.5) is 11.5 Å². The summed E-state index contributed by atoms with van der Waals surface area (Å²) in [5, 5.41) is 4.62. The largest absolute Gasteiger partial charge is 0.339 e. The van der Waals surface area contributed by atoms with E-state index in [0.29, 0.717) is 0 Å². The molecule has 3 nitrogen and oxygen atoms in total. The van der Waals surface area contributed by atoms with Crippen molar-refractivity contribution >= 4 is 49.0 Å². The fourth-order valence-corrected chi connectivity index (χ4v) is 4.39. The van der Waals surface area contributed by atoms with E-state index in [2.05, 4.69) is 94.5 Å². The van der Waals surface area contributed by atoms with E-state index in [0.717, 1.165) is 26.2 Å². The van der Waals surface area contributed by atoms with Gasteiger partial charge in [-0.2, -0.15) is 0 Å². The second-order valence-corrected chi connectivity index (χ2v) is 8.43. The second-order valence-electron chi connectivity index (χ2n) is 6.32. The number of rotatable bonds is 3. The van der Waals surface area contributed by atoms with Gasteiger partial charge >= 0.3 is 0 Å². The summed E-state index contributed by atoms with van der Waals surface area (Å²) in [6.07, 6.45) is 1.64. The zero-order chi connectivity index (χ0) is 18.3. The van der Waals surface area contributed by atoms with Gasteiger partial charge in [-0.3, -0.25) is 0 Å². The topological polar surface area (TPSA) is 37.8 Å². The minimum atomic E-state index is 0.853. The molecule has 26 heavy (non-hydrogen) atoms. The first-order chi connectivity index (χ1) is 12.5. The first-order valence-corrected chi connectivity index (χ1v) is 9.99. The van der Waals surface area contributed by atoms with Gasteiger partial charge in [0.2, 0.25) is 0 Å². The maximum atomic E-state index is 4.57. The fourth-order valence-electron chi connectivity index (χ4n) is 3.12. The highest BCUT2D eigenvalue weighted by molar-refractivity contribution is 9.10. The predicted octanol–water partition coefficient (Wildman–Crippen LogP) is 6.79. The number of halogens is 1. The Kier molecular flexibility index (Phi) is 4.51. The Morgan fingerprint density at radius 1 is 0.962 bits per heavy atom. The van der Waals surface area contributed by atoms with Gasteiger partial charge in [-0.15, -0.1) is 11.3 Å². The van der Waals surface area contributed by atoms with E-state index in [9.17, 15) is 0 Å². The fraction of sp³-hybridized carbons (Fsp3) is 0.143. The molecule has 0 fully saturated rings. The summed E-state index contributed by atoms with van der Waals surface area (Å²) in [4.78, 5) is 11.3. The van der Waals surface area contributed by atoms with Crippen LogP contribution >= 0.6 is 27.3 Å². The third kappa shape index (κ3) is 3.02. The minimum Gasteiger partial charge on any atom is -0.339 e. The summed E-state index contributed by atoms with van der Waals surface area (Å²) < 4.78 is 1.07. The first kappa shape index (κ1) is 17.2. The molecule has 0 atom stereocenters. The smallest absolute Gasteiger partial charge is 0.143 e. The lowest BCUT2D eigenvalue weighted by atomic mass is 10.0. The summed E-state index contributed by atoms with van der Waals surface area (Å²) in [5.41, 5.74) is 5.95. The van der Waals surface area contributed by atoms with Crippen LogP contribution in [-0.4, -0.2) is 9.97 Å². The van der Waals surface area contributed by atoms with Crippen LogP contribution < -0.4 is 5.32 Å². The molecule has 2 aromatic carbocycles. The summed E-state index contributed by atoms with van der Waals surface area (Å²) in [5.74, 6) is 0.853. The molecule has 2 aromatic heterocycles. The number of aryl methyl sites for hydroxylation is 2. The molecule has 0 radical (unpaired) electrons. The third-order valence-corrected chi connectivity index (χ3v) is 6.20. The predicted molar refractivity (Wildman–Crippen MR) is 114 cm³/mol. The monoisotopic (exact) mass is 423 g/mol. The van der Waals surface area contributed by atoms with Gasteiger partial charge in [0.1, 0.15) is 17.0 Å². The van der Waals surface area contributed by atoms with Gasteiger partial charge in [0, 0.05) is 20.6 Å². The highest BCUT2D eigenvalue weighted by Crippen LogP contribution is 2.41. The highest BCUT2D eigenvalue weighted by atomic mass is 79.9. The van der Waals surface area contributed by atoms with Crippen molar-refractivity contribution in [3.63, 3.8) is 0 Å². The maximum absolute atomic E-state index is 4.57. The van der Waals surface area contributed by atoms with E-state index in [1.54, 1.807) is 17.7 Å². The molecule has 0 spiro atoms. The van der Waals surface area contributed by atoms with Crippen molar-refractivity contribution in [2.24, 2.45) is 0 Å². The standard InChI is InChI=1S/C21H18BrN3S/c1-12-5-4-6-17(13(12)2)25-20-19-18(15-7-9-16(22)10-8-15)14(3)26-21(19)24-11-23-20/h4-11H,1-3H3,(H,23,24,25). The number of nitrogens with one attached hydrogen (secondary N) is 1. The number of hydrogen-bond donors (Lipinski definition) is 1. The molecule has 0 saturated carbocycles. The van der Waals surface area contributed by atoms with Gasteiger partial charge in [-0.05, 0) is 55.7 Å². The van der Waals surface area contributed by atoms with Crippen LogP contribution in [0.15, 0.2) is 53.3 Å². The Balaban J connectivity index is 1.91. The summed E-state index contributed by atoms with van der Waals surface area (Å²) in [6, 6.07) is 14.7. The minimum absolute atomic E-state index is 0.853. The number of thiophene rings is 1. The van der Waals surface area contributed by atoms with Gasteiger partial charge in [-0.1, -0.05) is 40.2 Å². The van der Waals surface area contributed by atoms with E-state index in [-0.39, 0.29) is 0 Å². The molecule has 130 valence electrons. The molecule has 2 heterocycles. The van der Waals surface area contributed by atoms with E-state index >= 15 is 0 Å². The quantitative estimate of drug-likeness (QED) is 0.394. The van der Waals surface area contributed by atoms with E-state index in [1.165, 1.54) is 27.1 Å². The van der Waals surface area contributed by atoms with Crippen LogP contribution in [0.2, 0.25) is 0 Å². The van der Waals surface area contributed by atoms with Gasteiger partial charge < -0.3 is 5.32 Å². The number of fused-ring (bicyclic) bond motifs is 1. The van der Waals surface area contributed by atoms with E-state index in [4.69, 9.17) is 0 Å². The Labute approximate surface area is 165 Å². The number of anilines is 2. The molecule has 0 saturated heterocycles. The van der Waals surface area contributed by atoms with Crippen molar-refractivity contribution in [1.29, 1.82) is 0 Å². The molecule has 4 aromatic rings. The van der Waals surface area contributed by atoms with Crippen molar-refractivity contribution < 1.29 is 0 Å². The molecule has 0 aliphatic carbocycles. The molecule has 1 N–H and O–H groups in total. The Hall–Kier alpha value is -2.24. The van der Waals surface area contributed by atoms with Crippen molar-refractivity contribution in [3.8, 4) is 11.1 Å². The van der Waals surface area contributed by atoms with E-state index < -0.39 is 0 Å². The van der Waals surface area contributed by atoms with Crippen LogP contribution in [-0.2, 0) is 0 Å². The highest BCUT2D eigenvalue weighted by Gasteiger charge is 2.17. The van der Waals surface area contributed by atoms with Crippen molar-refractivity contribution in [2.45, 2.75) is 20.8 Å². The summed E-state index contributed by atoms with van der Waals surface area (Å²) in [6.45, 7) is 6.40. The third-order valence-electron chi connectivity index (χ3n) is 4.65. The lowest BCUT2D eigenvalue weighted by Gasteiger charge is -2.12. The average Bonchev–Trinajstić information content (AvgIpc) is 2.97. The lowest BCUT2D eigenvalue weighted by molar-refractivity contribution is 1.22. The molecule has 0 amide bonds. The Morgan fingerprint density at radius 2 is 1.73 bits per heavy atom. The SMILES string of the molecule is Cc1cccc(Nc2ncnc3sc(C)c(-c4ccc(Br)cc4)c23)c1C. The van der Waals surface area contributed by atoms with Crippen LogP contribution in [0.25, 0.3) is 21.3 Å². The molecular formula is C21H18BrN3S. The average molecular weight is 424 g/mol. The van der Waals surface area contributed by atoms with Crippen LogP contribution in [0.5, 0.6) is 0 Å². The van der Waals surface area contributed by atoms with Gasteiger partial charge in [0.15, 0.2) is 0 Å². The van der Waals surface area contributed by atoms with Crippen LogP contribution in [0, 0.1) is 20.8 Å². The number of aromatic nitrogens is 2. The van der Waals surface area contributed by atoms with Crippen LogP contribution in [0.1, 0.15) is 16.0 Å². The normalized spacial score (nSPS) is 11.1. The molecular weight excluding hydrogens is 406 g/mol. The summed E-state index contributed by atoms with van der Waals surface area (Å²) in [7, 11) is 0. The van der Waals surface area contributed by atoms with Crippen molar-refractivity contribution in [3.05, 3.63) is 69.3 Å². The van der Waals surface area contributed by atoms with Crippen molar-refractivity contribution in [1.82, 2.24) is 9.97 Å². The second kappa shape index (κ2) is 6.82. The van der Waals surface area contributed by atoms with Crippen LogP contribution in [0.3, 0.4) is 0 Å². The molecule has 0 aliphatic rings. The lowest BCUT2D eigenvalue weighted by Crippen LogP contribution is -1.98. The zero-order valence-corrected chi connectivity index (χ0v) is 17.2. The molecule has 0 unspecified atom stereocenters. The Bertz CT molecular complexity index is 1100. The Morgan fingerprint density at radius 3 is 2.50 bits per heavy atom. The number of hydrogen-bond acceptors (Lipinski definition) is 4.